The van der Waals surface area contributed by atoms with Crippen LogP contribution in [-0.4, -0.2) is 31.6 Å². The van der Waals surface area contributed by atoms with Crippen LogP contribution in [-0.2, 0) is 4.79 Å². The number of carbonyl (C=O) groups excluding carboxylic acids is 2. The third kappa shape index (κ3) is 2.92. The number of hydrogen-bond acceptors (Lipinski definition) is 3. The maximum Gasteiger partial charge on any atom is 0.321 e. The molecule has 1 heterocycles. The standard InChI is InChI=1S/C16H22N4O2/c17-10-11-3-1-6-14(11)15(21)19-12-4-2-5-13(9-12)20-8-7-18-16(20)22/h2,4-5,9,11,14H,1,3,6-8,10,17H2,(H,18,22)(H,19,21)/t11-,14-/m1/s1. The van der Waals surface area contributed by atoms with E-state index in [-0.39, 0.29) is 23.8 Å². The second-order valence-electron chi connectivity index (χ2n) is 5.96. The third-order valence-corrected chi connectivity index (χ3v) is 4.58. The fraction of sp³-hybridized carbons (Fsp3) is 0.500. The molecule has 0 aromatic heterocycles. The molecular formula is C16H22N4O2. The monoisotopic (exact) mass is 302 g/mol. The van der Waals surface area contributed by atoms with Crippen molar-refractivity contribution < 1.29 is 9.59 Å². The van der Waals surface area contributed by atoms with Crippen molar-refractivity contribution in [3.63, 3.8) is 0 Å². The van der Waals surface area contributed by atoms with Gasteiger partial charge in [-0.05, 0) is 43.5 Å². The predicted octanol–water partition coefficient (Wildman–Crippen LogP) is 1.53. The average molecular weight is 302 g/mol. The zero-order valence-corrected chi connectivity index (χ0v) is 12.5. The third-order valence-electron chi connectivity index (χ3n) is 4.58. The predicted molar refractivity (Wildman–Crippen MR) is 85.7 cm³/mol. The largest absolute Gasteiger partial charge is 0.336 e. The highest BCUT2D eigenvalue weighted by atomic mass is 16.2. The summed E-state index contributed by atoms with van der Waals surface area (Å²) in [6.45, 7) is 1.86. The molecule has 2 aliphatic rings. The molecule has 0 bridgehead atoms. The molecule has 4 N–H and O–H groups in total. The molecular weight excluding hydrogens is 280 g/mol. The van der Waals surface area contributed by atoms with Crippen LogP contribution in [0.5, 0.6) is 0 Å². The summed E-state index contributed by atoms with van der Waals surface area (Å²) >= 11 is 0. The van der Waals surface area contributed by atoms with E-state index in [1.54, 1.807) is 4.90 Å². The van der Waals surface area contributed by atoms with Crippen molar-refractivity contribution >= 4 is 23.3 Å². The lowest BCUT2D eigenvalue weighted by Crippen LogP contribution is -2.30. The lowest BCUT2D eigenvalue weighted by atomic mass is 9.95. The Morgan fingerprint density at radius 2 is 2.27 bits per heavy atom. The quantitative estimate of drug-likeness (QED) is 0.788. The second kappa shape index (κ2) is 6.36. The smallest absolute Gasteiger partial charge is 0.321 e. The maximum atomic E-state index is 12.4. The van der Waals surface area contributed by atoms with E-state index in [1.807, 2.05) is 24.3 Å². The Hall–Kier alpha value is -2.08. The zero-order chi connectivity index (χ0) is 15.5. The number of nitrogens with one attached hydrogen (secondary N) is 2. The number of rotatable bonds is 4. The summed E-state index contributed by atoms with van der Waals surface area (Å²) in [5.74, 6) is 0.326. The van der Waals surface area contributed by atoms with Crippen LogP contribution in [0.2, 0.25) is 0 Å². The molecule has 3 rings (SSSR count). The summed E-state index contributed by atoms with van der Waals surface area (Å²) in [6.07, 6.45) is 3.00. The van der Waals surface area contributed by atoms with Crippen LogP contribution in [0.15, 0.2) is 24.3 Å². The molecule has 1 aromatic rings. The Morgan fingerprint density at radius 1 is 1.41 bits per heavy atom. The normalized spacial score (nSPS) is 24.4. The highest BCUT2D eigenvalue weighted by Crippen LogP contribution is 2.32. The minimum atomic E-state index is -0.0949. The van der Waals surface area contributed by atoms with Crippen LogP contribution in [0, 0.1) is 11.8 Å². The van der Waals surface area contributed by atoms with Gasteiger partial charge in [-0.3, -0.25) is 9.69 Å². The van der Waals surface area contributed by atoms with Crippen molar-refractivity contribution in [2.24, 2.45) is 17.6 Å². The van der Waals surface area contributed by atoms with E-state index in [0.29, 0.717) is 19.6 Å². The highest BCUT2D eigenvalue weighted by Gasteiger charge is 2.32. The van der Waals surface area contributed by atoms with Crippen LogP contribution in [0.1, 0.15) is 19.3 Å². The van der Waals surface area contributed by atoms with Crippen molar-refractivity contribution in [3.05, 3.63) is 24.3 Å². The number of anilines is 2. The van der Waals surface area contributed by atoms with E-state index in [2.05, 4.69) is 10.6 Å². The van der Waals surface area contributed by atoms with E-state index in [9.17, 15) is 9.59 Å². The van der Waals surface area contributed by atoms with Gasteiger partial charge >= 0.3 is 6.03 Å². The van der Waals surface area contributed by atoms with Crippen LogP contribution in [0.3, 0.4) is 0 Å². The van der Waals surface area contributed by atoms with Gasteiger partial charge in [-0.1, -0.05) is 12.5 Å². The molecule has 0 unspecified atom stereocenters. The SMILES string of the molecule is NC[C@H]1CCC[C@H]1C(=O)Nc1cccc(N2CCNC2=O)c1. The molecule has 0 spiro atoms. The summed E-state index contributed by atoms with van der Waals surface area (Å²) in [6, 6.07) is 7.32. The van der Waals surface area contributed by atoms with E-state index in [4.69, 9.17) is 5.73 Å². The fourth-order valence-corrected chi connectivity index (χ4v) is 3.37. The fourth-order valence-electron chi connectivity index (χ4n) is 3.37. The van der Waals surface area contributed by atoms with Gasteiger partial charge in [-0.25, -0.2) is 4.79 Å². The maximum absolute atomic E-state index is 12.4. The zero-order valence-electron chi connectivity index (χ0n) is 12.5. The van der Waals surface area contributed by atoms with E-state index in [1.165, 1.54) is 0 Å². The van der Waals surface area contributed by atoms with Gasteiger partial charge in [0, 0.05) is 30.4 Å². The lowest BCUT2D eigenvalue weighted by Gasteiger charge is -2.19. The van der Waals surface area contributed by atoms with E-state index >= 15 is 0 Å². The Balaban J connectivity index is 1.70. The number of urea groups is 1. The van der Waals surface area contributed by atoms with Gasteiger partial charge < -0.3 is 16.4 Å². The Labute approximate surface area is 130 Å². The molecule has 3 amide bonds. The van der Waals surface area contributed by atoms with Crippen molar-refractivity contribution in [2.75, 3.05) is 29.9 Å². The van der Waals surface area contributed by atoms with Gasteiger partial charge in [0.1, 0.15) is 0 Å². The molecule has 6 heteroatoms. The van der Waals surface area contributed by atoms with Crippen molar-refractivity contribution in [1.29, 1.82) is 0 Å². The van der Waals surface area contributed by atoms with Gasteiger partial charge in [0.25, 0.3) is 0 Å². The first-order chi connectivity index (χ1) is 10.7. The van der Waals surface area contributed by atoms with Gasteiger partial charge in [-0.15, -0.1) is 0 Å². The molecule has 118 valence electrons. The minimum absolute atomic E-state index is 0.00346. The molecule has 2 fully saturated rings. The summed E-state index contributed by atoms with van der Waals surface area (Å²) in [5, 5.41) is 5.75. The van der Waals surface area contributed by atoms with Gasteiger partial charge in [-0.2, -0.15) is 0 Å². The Morgan fingerprint density at radius 3 is 3.00 bits per heavy atom. The van der Waals surface area contributed by atoms with E-state index in [0.717, 1.165) is 30.6 Å². The number of hydrogen-bond donors (Lipinski definition) is 3. The Bertz CT molecular complexity index is 575. The van der Waals surface area contributed by atoms with Gasteiger partial charge in [0.2, 0.25) is 5.91 Å². The molecule has 1 aliphatic carbocycles. The van der Waals surface area contributed by atoms with Crippen LogP contribution >= 0.6 is 0 Å². The summed E-state index contributed by atoms with van der Waals surface area (Å²) in [7, 11) is 0. The number of nitrogens with zero attached hydrogens (tertiary/aromatic N) is 1. The molecule has 2 atom stereocenters. The molecule has 0 radical (unpaired) electrons. The van der Waals surface area contributed by atoms with Crippen molar-refractivity contribution in [2.45, 2.75) is 19.3 Å². The first kappa shape index (κ1) is 14.8. The molecule has 6 nitrogen and oxygen atoms in total. The van der Waals surface area contributed by atoms with E-state index < -0.39 is 0 Å². The van der Waals surface area contributed by atoms with Gasteiger partial charge in [0.15, 0.2) is 0 Å². The summed E-state index contributed by atoms with van der Waals surface area (Å²) in [5.41, 5.74) is 7.27. The van der Waals surface area contributed by atoms with Crippen LogP contribution < -0.4 is 21.3 Å². The molecule has 1 aromatic carbocycles. The first-order valence-electron chi connectivity index (χ1n) is 7.85. The second-order valence-corrected chi connectivity index (χ2v) is 5.96. The lowest BCUT2D eigenvalue weighted by molar-refractivity contribution is -0.120. The highest BCUT2D eigenvalue weighted by molar-refractivity contribution is 5.96. The summed E-state index contributed by atoms with van der Waals surface area (Å²) < 4.78 is 0. The topological polar surface area (TPSA) is 87.5 Å². The minimum Gasteiger partial charge on any atom is -0.336 e. The molecule has 22 heavy (non-hydrogen) atoms. The van der Waals surface area contributed by atoms with Gasteiger partial charge in [0.05, 0.1) is 0 Å². The number of carbonyl (C=O) groups is 2. The molecule has 1 aliphatic heterocycles. The van der Waals surface area contributed by atoms with Crippen LogP contribution in [0.25, 0.3) is 0 Å². The summed E-state index contributed by atoms with van der Waals surface area (Å²) in [4.78, 5) is 25.8. The van der Waals surface area contributed by atoms with Crippen molar-refractivity contribution in [3.8, 4) is 0 Å². The van der Waals surface area contributed by atoms with Crippen LogP contribution in [0.4, 0.5) is 16.2 Å². The molecule has 1 saturated heterocycles. The average Bonchev–Trinajstić information content (AvgIpc) is 3.15. The van der Waals surface area contributed by atoms with Crippen molar-refractivity contribution in [1.82, 2.24) is 5.32 Å². The number of amides is 3. The first-order valence-corrected chi connectivity index (χ1v) is 7.85. The number of nitrogens with two attached hydrogens (primary N) is 1. The molecule has 1 saturated carbocycles. The Kier molecular flexibility index (Phi) is 4.29. The number of benzene rings is 1.